The lowest BCUT2D eigenvalue weighted by atomic mass is 10.1. The molecule has 136 valence electrons. The number of unbranched alkanes of at least 4 members (excludes halogenated alkanes) is 4. The third-order valence-electron chi connectivity index (χ3n) is 4.72. The lowest BCUT2D eigenvalue weighted by molar-refractivity contribution is 0.299. The van der Waals surface area contributed by atoms with Gasteiger partial charge in [0.05, 0.1) is 17.6 Å². The average molecular weight is 353 g/mol. The predicted molar refractivity (Wildman–Crippen MR) is 100 cm³/mol. The SMILES string of the molecule is CC(C)S(=O)(=O)CCCCCCCc1ccc(OCC2CC2)cc1. The van der Waals surface area contributed by atoms with Gasteiger partial charge in [-0.05, 0) is 69.6 Å². The molecule has 0 unspecified atom stereocenters. The summed E-state index contributed by atoms with van der Waals surface area (Å²) in [6, 6.07) is 8.48. The van der Waals surface area contributed by atoms with Gasteiger partial charge in [0.25, 0.3) is 0 Å². The minimum Gasteiger partial charge on any atom is -0.493 e. The van der Waals surface area contributed by atoms with Crippen LogP contribution in [0.1, 0.15) is 64.4 Å². The van der Waals surface area contributed by atoms with Crippen LogP contribution < -0.4 is 4.74 Å². The second-order valence-corrected chi connectivity index (χ2v) is 10.0. The molecule has 4 heteroatoms. The van der Waals surface area contributed by atoms with Gasteiger partial charge in [0.15, 0.2) is 9.84 Å². The van der Waals surface area contributed by atoms with Crippen LogP contribution in [0.25, 0.3) is 0 Å². The largest absolute Gasteiger partial charge is 0.493 e. The van der Waals surface area contributed by atoms with E-state index in [2.05, 4.69) is 24.3 Å². The molecular formula is C20H32O3S. The Balaban J connectivity index is 1.52. The van der Waals surface area contributed by atoms with Crippen LogP contribution in [-0.2, 0) is 16.3 Å². The third-order valence-corrected chi connectivity index (χ3v) is 7.01. The summed E-state index contributed by atoms with van der Waals surface area (Å²) in [6.07, 6.45) is 9.00. The molecule has 0 bridgehead atoms. The second kappa shape index (κ2) is 9.45. The van der Waals surface area contributed by atoms with Crippen molar-refractivity contribution in [2.75, 3.05) is 12.4 Å². The Labute approximate surface area is 147 Å². The van der Waals surface area contributed by atoms with Crippen LogP contribution in [0, 0.1) is 5.92 Å². The average Bonchev–Trinajstić information content (AvgIpc) is 3.37. The summed E-state index contributed by atoms with van der Waals surface area (Å²) in [5.74, 6) is 2.12. The molecule has 0 aliphatic heterocycles. The molecule has 0 spiro atoms. The van der Waals surface area contributed by atoms with Crippen LogP contribution in [-0.4, -0.2) is 26.0 Å². The van der Waals surface area contributed by atoms with E-state index in [0.717, 1.165) is 44.0 Å². The minimum atomic E-state index is -2.86. The Hall–Kier alpha value is -1.03. The monoisotopic (exact) mass is 352 g/mol. The first-order chi connectivity index (χ1) is 11.5. The van der Waals surface area contributed by atoms with Crippen molar-refractivity contribution < 1.29 is 13.2 Å². The van der Waals surface area contributed by atoms with Crippen LogP contribution in [0.3, 0.4) is 0 Å². The van der Waals surface area contributed by atoms with Gasteiger partial charge in [-0.1, -0.05) is 31.4 Å². The summed E-state index contributed by atoms with van der Waals surface area (Å²) in [7, 11) is -2.86. The maximum atomic E-state index is 11.7. The molecule has 1 aromatic carbocycles. The topological polar surface area (TPSA) is 43.4 Å². The Morgan fingerprint density at radius 2 is 1.62 bits per heavy atom. The molecule has 3 nitrogen and oxygen atoms in total. The Bertz CT molecular complexity index is 571. The van der Waals surface area contributed by atoms with Gasteiger partial charge in [0, 0.05) is 0 Å². The van der Waals surface area contributed by atoms with Crippen LogP contribution in [0.15, 0.2) is 24.3 Å². The van der Waals surface area contributed by atoms with Crippen LogP contribution >= 0.6 is 0 Å². The van der Waals surface area contributed by atoms with Gasteiger partial charge in [-0.25, -0.2) is 8.42 Å². The molecule has 1 aliphatic carbocycles. The molecular weight excluding hydrogens is 320 g/mol. The van der Waals surface area contributed by atoms with Gasteiger partial charge in [-0.2, -0.15) is 0 Å². The maximum Gasteiger partial charge on any atom is 0.152 e. The lowest BCUT2D eigenvalue weighted by Crippen LogP contribution is -2.17. The number of benzene rings is 1. The standard InChI is InChI=1S/C20H32O3S/c1-17(2)24(21,22)15-7-5-3-4-6-8-18-11-13-20(14-12-18)23-16-19-9-10-19/h11-14,17,19H,3-10,15-16H2,1-2H3. The quantitative estimate of drug-likeness (QED) is 0.508. The molecule has 0 radical (unpaired) electrons. The number of ether oxygens (including phenoxy) is 1. The summed E-state index contributed by atoms with van der Waals surface area (Å²) in [4.78, 5) is 0. The fourth-order valence-corrected chi connectivity index (χ4v) is 3.73. The summed E-state index contributed by atoms with van der Waals surface area (Å²) >= 11 is 0. The summed E-state index contributed by atoms with van der Waals surface area (Å²) in [5, 5.41) is -0.242. The van der Waals surface area contributed by atoms with Crippen molar-refractivity contribution >= 4 is 9.84 Å². The van der Waals surface area contributed by atoms with Gasteiger partial charge < -0.3 is 4.74 Å². The van der Waals surface area contributed by atoms with E-state index in [9.17, 15) is 8.42 Å². The minimum absolute atomic E-state index is 0.242. The highest BCUT2D eigenvalue weighted by Crippen LogP contribution is 2.29. The van der Waals surface area contributed by atoms with Crippen molar-refractivity contribution in [2.45, 2.75) is 70.5 Å². The van der Waals surface area contributed by atoms with E-state index < -0.39 is 9.84 Å². The fourth-order valence-electron chi connectivity index (χ4n) is 2.65. The van der Waals surface area contributed by atoms with E-state index in [1.807, 2.05) is 0 Å². The Morgan fingerprint density at radius 1 is 1.00 bits per heavy atom. The normalized spacial score (nSPS) is 15.0. The first-order valence-corrected chi connectivity index (χ1v) is 11.1. The van der Waals surface area contributed by atoms with Gasteiger partial charge in [0.2, 0.25) is 0 Å². The smallest absolute Gasteiger partial charge is 0.152 e. The molecule has 0 saturated heterocycles. The molecule has 2 rings (SSSR count). The number of sulfone groups is 1. The van der Waals surface area contributed by atoms with E-state index in [0.29, 0.717) is 5.75 Å². The number of hydrogen-bond donors (Lipinski definition) is 0. The van der Waals surface area contributed by atoms with E-state index in [-0.39, 0.29) is 5.25 Å². The molecule has 0 heterocycles. The van der Waals surface area contributed by atoms with E-state index in [4.69, 9.17) is 4.74 Å². The zero-order chi connectivity index (χ0) is 17.4. The van der Waals surface area contributed by atoms with Crippen molar-refractivity contribution in [2.24, 2.45) is 5.92 Å². The van der Waals surface area contributed by atoms with Gasteiger partial charge >= 0.3 is 0 Å². The molecule has 0 atom stereocenters. The van der Waals surface area contributed by atoms with Crippen molar-refractivity contribution in [3.8, 4) is 5.75 Å². The maximum absolute atomic E-state index is 11.7. The van der Waals surface area contributed by atoms with Crippen LogP contribution in [0.2, 0.25) is 0 Å². The van der Waals surface area contributed by atoms with Crippen molar-refractivity contribution in [1.82, 2.24) is 0 Å². The molecule has 0 amide bonds. The first kappa shape index (κ1) is 19.3. The highest BCUT2D eigenvalue weighted by atomic mass is 32.2. The van der Waals surface area contributed by atoms with Crippen molar-refractivity contribution in [1.29, 1.82) is 0 Å². The zero-order valence-electron chi connectivity index (χ0n) is 15.2. The Kier molecular flexibility index (Phi) is 7.60. The van der Waals surface area contributed by atoms with E-state index >= 15 is 0 Å². The Morgan fingerprint density at radius 3 is 2.25 bits per heavy atom. The molecule has 1 aromatic rings. The van der Waals surface area contributed by atoms with Gasteiger partial charge in [-0.3, -0.25) is 0 Å². The zero-order valence-corrected chi connectivity index (χ0v) is 16.0. The number of aryl methyl sites for hydroxylation is 1. The highest BCUT2D eigenvalue weighted by molar-refractivity contribution is 7.91. The molecule has 1 aliphatic rings. The van der Waals surface area contributed by atoms with Gasteiger partial charge in [-0.15, -0.1) is 0 Å². The molecule has 1 saturated carbocycles. The van der Waals surface area contributed by atoms with E-state index in [1.54, 1.807) is 13.8 Å². The summed E-state index contributed by atoms with van der Waals surface area (Å²) < 4.78 is 29.2. The molecule has 1 fully saturated rings. The summed E-state index contributed by atoms with van der Waals surface area (Å²) in [5.41, 5.74) is 1.36. The highest BCUT2D eigenvalue weighted by Gasteiger charge is 2.21. The third kappa shape index (κ3) is 7.25. The lowest BCUT2D eigenvalue weighted by Gasteiger charge is -2.08. The van der Waals surface area contributed by atoms with Crippen molar-refractivity contribution in [3.05, 3.63) is 29.8 Å². The summed E-state index contributed by atoms with van der Waals surface area (Å²) in [6.45, 7) is 4.39. The number of hydrogen-bond acceptors (Lipinski definition) is 3. The number of rotatable bonds is 12. The van der Waals surface area contributed by atoms with Crippen molar-refractivity contribution in [3.63, 3.8) is 0 Å². The van der Waals surface area contributed by atoms with Crippen LogP contribution in [0.4, 0.5) is 0 Å². The molecule has 0 N–H and O–H groups in total. The molecule has 0 aromatic heterocycles. The van der Waals surface area contributed by atoms with Gasteiger partial charge in [0.1, 0.15) is 5.75 Å². The predicted octanol–water partition coefficient (Wildman–Crippen LogP) is 4.79. The van der Waals surface area contributed by atoms with E-state index in [1.165, 1.54) is 31.2 Å². The fraction of sp³-hybridized carbons (Fsp3) is 0.700. The first-order valence-electron chi connectivity index (χ1n) is 9.40. The second-order valence-electron chi connectivity index (χ2n) is 7.33. The van der Waals surface area contributed by atoms with Crippen LogP contribution in [0.5, 0.6) is 5.75 Å². The molecule has 24 heavy (non-hydrogen) atoms.